The zero-order valence-electron chi connectivity index (χ0n) is 19.7. The Morgan fingerprint density at radius 1 is 1.06 bits per heavy atom. The fourth-order valence-electron chi connectivity index (χ4n) is 4.67. The molecule has 4 rings (SSSR count). The van der Waals surface area contributed by atoms with E-state index in [1.165, 1.54) is 12.1 Å². The van der Waals surface area contributed by atoms with Gasteiger partial charge in [-0.2, -0.15) is 0 Å². The summed E-state index contributed by atoms with van der Waals surface area (Å²) in [5.41, 5.74) is 3.51. The number of anilines is 1. The molecule has 1 N–H and O–H groups in total. The molecule has 2 heterocycles. The first-order valence-electron chi connectivity index (χ1n) is 11.4. The van der Waals surface area contributed by atoms with E-state index in [-0.39, 0.29) is 49.2 Å². The van der Waals surface area contributed by atoms with E-state index in [1.807, 2.05) is 20.8 Å². The maximum atomic E-state index is 13.4. The van der Waals surface area contributed by atoms with Crippen LogP contribution in [0.4, 0.5) is 23.8 Å². The van der Waals surface area contributed by atoms with Crippen LogP contribution < -0.4 is 10.2 Å². The smallest absolute Gasteiger partial charge is 0.317 e. The van der Waals surface area contributed by atoms with Crippen molar-refractivity contribution in [1.82, 2.24) is 20.4 Å². The molecule has 2 amide bonds. The summed E-state index contributed by atoms with van der Waals surface area (Å²) in [6.45, 7) is 7.66. The van der Waals surface area contributed by atoms with Crippen LogP contribution in [0.2, 0.25) is 0 Å². The highest BCUT2D eigenvalue weighted by Crippen LogP contribution is 2.33. The molecule has 186 valence electrons. The van der Waals surface area contributed by atoms with E-state index >= 15 is 0 Å². The van der Waals surface area contributed by atoms with Crippen molar-refractivity contribution in [2.75, 3.05) is 24.5 Å². The van der Waals surface area contributed by atoms with E-state index < -0.39 is 5.92 Å². The number of aromatic nitrogens is 2. The highest BCUT2D eigenvalue weighted by atomic mass is 35.5. The van der Waals surface area contributed by atoms with Crippen LogP contribution in [0.1, 0.15) is 43.7 Å². The van der Waals surface area contributed by atoms with Gasteiger partial charge >= 0.3 is 6.03 Å². The SMILES string of the molecule is Cc1c(-c2ccc(F)cc2)nnc(N2CCN(C(=O)NC3CCC(F)(F)CC3)C(C)C2)c1C.Cl. The fourth-order valence-corrected chi connectivity index (χ4v) is 4.67. The van der Waals surface area contributed by atoms with Crippen molar-refractivity contribution in [1.29, 1.82) is 0 Å². The summed E-state index contributed by atoms with van der Waals surface area (Å²) in [4.78, 5) is 16.7. The zero-order valence-corrected chi connectivity index (χ0v) is 20.5. The third kappa shape index (κ3) is 5.56. The van der Waals surface area contributed by atoms with Crippen molar-refractivity contribution >= 4 is 24.3 Å². The molecule has 1 aromatic carbocycles. The summed E-state index contributed by atoms with van der Waals surface area (Å²) in [5.74, 6) is -2.13. The third-order valence-electron chi connectivity index (χ3n) is 6.85. The van der Waals surface area contributed by atoms with Gasteiger partial charge in [-0.15, -0.1) is 22.6 Å². The number of carbonyl (C=O) groups excluding carboxylic acids is 1. The predicted molar refractivity (Wildman–Crippen MR) is 128 cm³/mol. The zero-order chi connectivity index (χ0) is 23.8. The molecule has 1 saturated carbocycles. The van der Waals surface area contributed by atoms with Crippen LogP contribution in [0.5, 0.6) is 0 Å². The molecule has 1 aliphatic heterocycles. The van der Waals surface area contributed by atoms with Gasteiger partial charge in [-0.3, -0.25) is 0 Å². The Labute approximate surface area is 204 Å². The third-order valence-corrected chi connectivity index (χ3v) is 6.85. The van der Waals surface area contributed by atoms with Gasteiger partial charge in [0.2, 0.25) is 5.92 Å². The van der Waals surface area contributed by atoms with Crippen molar-refractivity contribution in [2.24, 2.45) is 0 Å². The molecule has 1 saturated heterocycles. The fraction of sp³-hybridized carbons (Fsp3) is 0.542. The largest absolute Gasteiger partial charge is 0.351 e. The van der Waals surface area contributed by atoms with Gasteiger partial charge in [-0.1, -0.05) is 0 Å². The van der Waals surface area contributed by atoms with Crippen LogP contribution >= 0.6 is 12.4 Å². The summed E-state index contributed by atoms with van der Waals surface area (Å²) in [7, 11) is 0. The van der Waals surface area contributed by atoms with E-state index in [9.17, 15) is 18.0 Å². The number of nitrogens with one attached hydrogen (secondary N) is 1. The first-order chi connectivity index (χ1) is 15.6. The number of piperazine rings is 1. The lowest BCUT2D eigenvalue weighted by Crippen LogP contribution is -2.58. The topological polar surface area (TPSA) is 61.4 Å². The normalized spacial score (nSPS) is 20.6. The van der Waals surface area contributed by atoms with E-state index in [2.05, 4.69) is 20.4 Å². The molecule has 2 fully saturated rings. The van der Waals surface area contributed by atoms with Gasteiger partial charge in [0.1, 0.15) is 5.82 Å². The monoisotopic (exact) mass is 497 g/mol. The summed E-state index contributed by atoms with van der Waals surface area (Å²) in [6, 6.07) is 5.74. The van der Waals surface area contributed by atoms with Gasteiger partial charge in [-0.05, 0) is 69.0 Å². The number of urea groups is 1. The lowest BCUT2D eigenvalue weighted by Gasteiger charge is -2.41. The van der Waals surface area contributed by atoms with Crippen LogP contribution in [0, 0.1) is 19.7 Å². The Bertz CT molecular complexity index is 1010. The highest BCUT2D eigenvalue weighted by molar-refractivity contribution is 5.85. The molecule has 2 aromatic rings. The Morgan fingerprint density at radius 3 is 2.32 bits per heavy atom. The van der Waals surface area contributed by atoms with Crippen LogP contribution in [-0.4, -0.2) is 58.8 Å². The summed E-state index contributed by atoms with van der Waals surface area (Å²) >= 11 is 0. The van der Waals surface area contributed by atoms with Crippen LogP contribution in [0.3, 0.4) is 0 Å². The summed E-state index contributed by atoms with van der Waals surface area (Å²) < 4.78 is 40.0. The van der Waals surface area contributed by atoms with Crippen molar-refractivity contribution in [2.45, 2.75) is 64.5 Å². The first-order valence-corrected chi connectivity index (χ1v) is 11.4. The lowest BCUT2D eigenvalue weighted by atomic mass is 9.92. The molecule has 2 aliphatic rings. The number of benzene rings is 1. The number of hydrogen-bond acceptors (Lipinski definition) is 4. The maximum Gasteiger partial charge on any atom is 0.317 e. The Kier molecular flexibility index (Phi) is 7.95. The predicted octanol–water partition coefficient (Wildman–Crippen LogP) is 5.12. The molecule has 1 atom stereocenters. The van der Waals surface area contributed by atoms with Gasteiger partial charge in [0, 0.05) is 50.1 Å². The first kappa shape index (κ1) is 26.1. The number of amides is 2. The van der Waals surface area contributed by atoms with Gasteiger partial charge in [0.05, 0.1) is 5.69 Å². The minimum Gasteiger partial charge on any atom is -0.351 e. The molecule has 34 heavy (non-hydrogen) atoms. The molecule has 1 aromatic heterocycles. The average molecular weight is 498 g/mol. The number of rotatable bonds is 3. The second-order valence-electron chi connectivity index (χ2n) is 9.20. The summed E-state index contributed by atoms with van der Waals surface area (Å²) in [6.07, 6.45) is 0.266. The standard InChI is InChI=1S/C24H30F3N5O.ClH/c1-15-14-31(12-13-32(15)23(33)28-20-8-10-24(26,27)11-9-20)22-17(3)16(2)21(29-30-22)18-4-6-19(25)7-5-18;/h4-7,15,20H,8-14H2,1-3H3,(H,28,33);1H. The Hall–Kier alpha value is -2.55. The highest BCUT2D eigenvalue weighted by Gasteiger charge is 2.37. The summed E-state index contributed by atoms with van der Waals surface area (Å²) in [5, 5.41) is 11.8. The van der Waals surface area contributed by atoms with Crippen molar-refractivity contribution in [3.8, 4) is 11.3 Å². The van der Waals surface area contributed by atoms with E-state index in [0.717, 1.165) is 28.2 Å². The maximum absolute atomic E-state index is 13.4. The lowest BCUT2D eigenvalue weighted by molar-refractivity contribution is -0.0399. The molecule has 1 unspecified atom stereocenters. The number of halogens is 4. The number of nitrogens with zero attached hydrogens (tertiary/aromatic N) is 4. The van der Waals surface area contributed by atoms with E-state index in [1.54, 1.807) is 17.0 Å². The molecule has 6 nitrogen and oxygen atoms in total. The van der Waals surface area contributed by atoms with E-state index in [0.29, 0.717) is 32.5 Å². The van der Waals surface area contributed by atoms with Gasteiger partial charge in [0.15, 0.2) is 5.82 Å². The molecular weight excluding hydrogens is 467 g/mol. The second kappa shape index (κ2) is 10.4. The van der Waals surface area contributed by atoms with E-state index in [4.69, 9.17) is 0 Å². The molecule has 0 radical (unpaired) electrons. The molecule has 1 aliphatic carbocycles. The quantitative estimate of drug-likeness (QED) is 0.639. The number of alkyl halides is 2. The van der Waals surface area contributed by atoms with Crippen LogP contribution in [0.15, 0.2) is 24.3 Å². The molecular formula is C24H31ClF3N5O. The second-order valence-corrected chi connectivity index (χ2v) is 9.20. The molecule has 0 bridgehead atoms. The van der Waals surface area contributed by atoms with Crippen molar-refractivity contribution in [3.63, 3.8) is 0 Å². The molecule has 10 heteroatoms. The number of carbonyl (C=O) groups is 1. The minimum absolute atomic E-state index is 0. The van der Waals surface area contributed by atoms with Gasteiger partial charge in [0.25, 0.3) is 0 Å². The van der Waals surface area contributed by atoms with Crippen LogP contribution in [-0.2, 0) is 0 Å². The Morgan fingerprint density at radius 2 is 1.71 bits per heavy atom. The van der Waals surface area contributed by atoms with Crippen LogP contribution in [0.25, 0.3) is 11.3 Å². The van der Waals surface area contributed by atoms with Crippen molar-refractivity contribution < 1.29 is 18.0 Å². The van der Waals surface area contributed by atoms with Crippen molar-refractivity contribution in [3.05, 3.63) is 41.2 Å². The van der Waals surface area contributed by atoms with Gasteiger partial charge < -0.3 is 15.1 Å². The average Bonchev–Trinajstić information content (AvgIpc) is 2.77. The molecule has 0 spiro atoms. The van der Waals surface area contributed by atoms with Gasteiger partial charge in [-0.25, -0.2) is 18.0 Å². The number of hydrogen-bond donors (Lipinski definition) is 1. The Balaban J connectivity index is 0.00000324. The minimum atomic E-state index is -2.61.